The van der Waals surface area contributed by atoms with Gasteiger partial charge in [-0.05, 0) is 34.0 Å². The van der Waals surface area contributed by atoms with Crippen LogP contribution in [0.25, 0.3) is 0 Å². The number of hydrogen-bond acceptors (Lipinski definition) is 4. The molecule has 5 nitrogen and oxygen atoms in total. The zero-order valence-electron chi connectivity index (χ0n) is 11.3. The lowest BCUT2D eigenvalue weighted by molar-refractivity contribution is 0.0968. The van der Waals surface area contributed by atoms with E-state index in [4.69, 9.17) is 4.74 Å². The predicted molar refractivity (Wildman–Crippen MR) is 78.7 cm³/mol. The van der Waals surface area contributed by atoms with Crippen molar-refractivity contribution < 1.29 is 9.53 Å². The molecule has 2 aromatic rings. The van der Waals surface area contributed by atoms with Crippen molar-refractivity contribution in [1.82, 2.24) is 14.8 Å². The molecule has 6 heteroatoms. The number of aromatic nitrogens is 3. The second kappa shape index (κ2) is 7.31. The normalized spacial score (nSPS) is 10.7. The van der Waals surface area contributed by atoms with Crippen LogP contribution in [-0.4, -0.2) is 34.3 Å². The van der Waals surface area contributed by atoms with Crippen molar-refractivity contribution >= 4 is 21.7 Å². The molecule has 0 spiro atoms. The Hall–Kier alpha value is -1.53. The molecular weight excluding hydrogens is 322 g/mol. The summed E-state index contributed by atoms with van der Waals surface area (Å²) in [6.45, 7) is 1.09. The number of Topliss-reactive ketones (excluding diaryl/α,β-unsaturated/α-hetero) is 1. The fourth-order valence-corrected chi connectivity index (χ4v) is 2.43. The van der Waals surface area contributed by atoms with Crippen molar-refractivity contribution in [2.45, 2.75) is 19.4 Å². The maximum Gasteiger partial charge on any atom is 0.182 e. The van der Waals surface area contributed by atoms with Gasteiger partial charge >= 0.3 is 0 Å². The van der Waals surface area contributed by atoms with Crippen LogP contribution in [0.5, 0.6) is 0 Å². The first kappa shape index (κ1) is 14.9. The number of rotatable bonds is 7. The van der Waals surface area contributed by atoms with E-state index in [1.165, 1.54) is 0 Å². The highest BCUT2D eigenvalue weighted by Gasteiger charge is 2.16. The summed E-state index contributed by atoms with van der Waals surface area (Å²) in [7, 11) is 1.63. The molecule has 0 aliphatic heterocycles. The summed E-state index contributed by atoms with van der Waals surface area (Å²) in [5.41, 5.74) is 1.66. The van der Waals surface area contributed by atoms with E-state index >= 15 is 0 Å². The largest absolute Gasteiger partial charge is 0.383 e. The molecule has 0 aliphatic carbocycles. The van der Waals surface area contributed by atoms with Gasteiger partial charge in [0.05, 0.1) is 23.8 Å². The minimum Gasteiger partial charge on any atom is -0.383 e. The molecule has 0 unspecified atom stereocenters. The van der Waals surface area contributed by atoms with Crippen molar-refractivity contribution in [2.75, 3.05) is 13.7 Å². The number of aryl methyl sites for hydroxylation is 1. The van der Waals surface area contributed by atoms with Crippen LogP contribution >= 0.6 is 15.9 Å². The van der Waals surface area contributed by atoms with Gasteiger partial charge in [-0.3, -0.25) is 14.5 Å². The summed E-state index contributed by atoms with van der Waals surface area (Å²) < 4.78 is 7.43. The van der Waals surface area contributed by atoms with Gasteiger partial charge in [-0.1, -0.05) is 6.07 Å². The van der Waals surface area contributed by atoms with Crippen molar-refractivity contribution in [3.05, 3.63) is 46.5 Å². The van der Waals surface area contributed by atoms with Crippen LogP contribution in [0.1, 0.15) is 22.5 Å². The molecule has 0 saturated carbocycles. The van der Waals surface area contributed by atoms with Crippen LogP contribution in [0, 0.1) is 0 Å². The summed E-state index contributed by atoms with van der Waals surface area (Å²) in [5.74, 6) is 0.0642. The Morgan fingerprint density at radius 2 is 2.30 bits per heavy atom. The van der Waals surface area contributed by atoms with Gasteiger partial charge in [0.15, 0.2) is 5.78 Å². The molecule has 0 fully saturated rings. The zero-order valence-corrected chi connectivity index (χ0v) is 12.8. The minimum atomic E-state index is 0.0642. The van der Waals surface area contributed by atoms with E-state index < -0.39 is 0 Å². The summed E-state index contributed by atoms with van der Waals surface area (Å²) in [4.78, 5) is 16.4. The van der Waals surface area contributed by atoms with Crippen LogP contribution in [0.2, 0.25) is 0 Å². The van der Waals surface area contributed by atoms with Gasteiger partial charge in [0.25, 0.3) is 0 Å². The second-order valence-electron chi connectivity index (χ2n) is 4.34. The topological polar surface area (TPSA) is 57.0 Å². The van der Waals surface area contributed by atoms with E-state index in [0.29, 0.717) is 31.7 Å². The Bertz CT molecular complexity index is 569. The Morgan fingerprint density at radius 1 is 1.45 bits per heavy atom. The number of ketones is 1. The number of pyridine rings is 1. The third kappa shape index (κ3) is 3.74. The lowest BCUT2D eigenvalue weighted by Gasteiger charge is -2.07. The standard InChI is InChI=1S/C14H16BrN3O2/c1-20-8-7-18-14(12(15)10-17-18)13(19)5-4-11-3-2-6-16-9-11/h2-3,6,9-10H,4-5,7-8H2,1H3. The van der Waals surface area contributed by atoms with Gasteiger partial charge in [-0.15, -0.1) is 0 Å². The number of carbonyl (C=O) groups excluding carboxylic acids is 1. The minimum absolute atomic E-state index is 0.0642. The maximum atomic E-state index is 12.3. The van der Waals surface area contributed by atoms with Gasteiger partial charge in [0.1, 0.15) is 5.69 Å². The second-order valence-corrected chi connectivity index (χ2v) is 5.20. The fraction of sp³-hybridized carbons (Fsp3) is 0.357. The molecule has 20 heavy (non-hydrogen) atoms. The molecule has 0 saturated heterocycles. The molecule has 0 amide bonds. The van der Waals surface area contributed by atoms with Gasteiger partial charge < -0.3 is 4.74 Å². The number of ether oxygens (including phenoxy) is 1. The first-order chi connectivity index (χ1) is 9.72. The number of carbonyl (C=O) groups is 1. The third-order valence-electron chi connectivity index (χ3n) is 2.93. The van der Waals surface area contributed by atoms with E-state index in [0.717, 1.165) is 10.0 Å². The van der Waals surface area contributed by atoms with Gasteiger partial charge in [0.2, 0.25) is 0 Å². The highest BCUT2D eigenvalue weighted by atomic mass is 79.9. The molecule has 0 bridgehead atoms. The lowest BCUT2D eigenvalue weighted by Crippen LogP contribution is -2.14. The SMILES string of the molecule is COCCn1ncc(Br)c1C(=O)CCc1cccnc1. The molecule has 2 heterocycles. The van der Waals surface area contributed by atoms with Crippen LogP contribution in [0.15, 0.2) is 35.2 Å². The van der Waals surface area contributed by atoms with E-state index in [1.54, 1.807) is 30.4 Å². The van der Waals surface area contributed by atoms with Gasteiger partial charge in [-0.25, -0.2) is 0 Å². The number of hydrogen-bond donors (Lipinski definition) is 0. The first-order valence-corrected chi connectivity index (χ1v) is 7.14. The van der Waals surface area contributed by atoms with E-state index in [-0.39, 0.29) is 5.78 Å². The van der Waals surface area contributed by atoms with Crippen molar-refractivity contribution in [2.24, 2.45) is 0 Å². The number of nitrogens with zero attached hydrogens (tertiary/aromatic N) is 3. The molecule has 2 aromatic heterocycles. The third-order valence-corrected chi connectivity index (χ3v) is 3.51. The Labute approximate surface area is 126 Å². The average Bonchev–Trinajstić information content (AvgIpc) is 2.84. The highest BCUT2D eigenvalue weighted by molar-refractivity contribution is 9.10. The van der Waals surface area contributed by atoms with Gasteiger partial charge in [0, 0.05) is 25.9 Å². The van der Waals surface area contributed by atoms with Crippen LogP contribution in [0.3, 0.4) is 0 Å². The average molecular weight is 338 g/mol. The quantitative estimate of drug-likeness (QED) is 0.728. The highest BCUT2D eigenvalue weighted by Crippen LogP contribution is 2.18. The van der Waals surface area contributed by atoms with Crippen molar-refractivity contribution in [3.8, 4) is 0 Å². The van der Waals surface area contributed by atoms with Crippen LogP contribution in [0.4, 0.5) is 0 Å². The predicted octanol–water partition coefficient (Wildman–Crippen LogP) is 2.50. The molecule has 0 atom stereocenters. The summed E-state index contributed by atoms with van der Waals surface area (Å²) in [6, 6.07) is 3.84. The Balaban J connectivity index is 2.03. The summed E-state index contributed by atoms with van der Waals surface area (Å²) in [6.07, 6.45) is 6.26. The fourth-order valence-electron chi connectivity index (χ4n) is 1.91. The lowest BCUT2D eigenvalue weighted by atomic mass is 10.1. The smallest absolute Gasteiger partial charge is 0.182 e. The monoisotopic (exact) mass is 337 g/mol. The van der Waals surface area contributed by atoms with Crippen LogP contribution < -0.4 is 0 Å². The van der Waals surface area contributed by atoms with E-state index in [1.807, 2.05) is 12.1 Å². The number of halogens is 1. The first-order valence-electron chi connectivity index (χ1n) is 6.34. The van der Waals surface area contributed by atoms with E-state index in [9.17, 15) is 4.79 Å². The van der Waals surface area contributed by atoms with E-state index in [2.05, 4.69) is 26.0 Å². The molecular formula is C14H16BrN3O2. The molecule has 0 N–H and O–H groups in total. The summed E-state index contributed by atoms with van der Waals surface area (Å²) >= 11 is 3.38. The molecule has 0 aromatic carbocycles. The molecule has 2 rings (SSSR count). The van der Waals surface area contributed by atoms with Crippen molar-refractivity contribution in [3.63, 3.8) is 0 Å². The van der Waals surface area contributed by atoms with Gasteiger partial charge in [-0.2, -0.15) is 5.10 Å². The van der Waals surface area contributed by atoms with Crippen LogP contribution in [-0.2, 0) is 17.7 Å². The molecule has 0 radical (unpaired) electrons. The Morgan fingerprint density at radius 3 is 3.00 bits per heavy atom. The summed E-state index contributed by atoms with van der Waals surface area (Å²) in [5, 5.41) is 4.19. The van der Waals surface area contributed by atoms with Crippen molar-refractivity contribution in [1.29, 1.82) is 0 Å². The molecule has 106 valence electrons. The Kier molecular flexibility index (Phi) is 5.43. The maximum absolute atomic E-state index is 12.3. The molecule has 0 aliphatic rings. The zero-order chi connectivity index (χ0) is 14.4. The number of methoxy groups -OCH3 is 1.